The van der Waals surface area contributed by atoms with Gasteiger partial charge in [0.2, 0.25) is 0 Å². The molecule has 0 atom stereocenters. The van der Waals surface area contributed by atoms with E-state index in [-0.39, 0.29) is 4.90 Å². The van der Waals surface area contributed by atoms with Crippen molar-refractivity contribution in [2.45, 2.75) is 4.90 Å². The summed E-state index contributed by atoms with van der Waals surface area (Å²) >= 11 is 0. The Morgan fingerprint density at radius 2 is 1.67 bits per heavy atom. The monoisotopic (exact) mass is 187 g/mol. The highest BCUT2D eigenvalue weighted by Gasteiger charge is 2.10. The van der Waals surface area contributed by atoms with E-state index in [1.165, 1.54) is 31.4 Å². The predicted molar refractivity (Wildman–Crippen MR) is 40.9 cm³/mol. The summed E-state index contributed by atoms with van der Waals surface area (Å²) < 4.78 is 36.1. The summed E-state index contributed by atoms with van der Waals surface area (Å²) in [7, 11) is -2.87. The standard InChI is InChI=1S/C7H7O4S/c1-11-6-2-4-7(5-3-6)12(8,9)10/h2-5H,1H3. The van der Waals surface area contributed by atoms with E-state index in [0.29, 0.717) is 5.75 Å². The van der Waals surface area contributed by atoms with E-state index in [9.17, 15) is 13.0 Å². The van der Waals surface area contributed by atoms with Crippen LogP contribution in [0.3, 0.4) is 0 Å². The quantitative estimate of drug-likeness (QED) is 0.688. The molecule has 0 bridgehead atoms. The van der Waals surface area contributed by atoms with Crippen molar-refractivity contribution in [3.63, 3.8) is 0 Å². The van der Waals surface area contributed by atoms with Crippen LogP contribution < -0.4 is 4.74 Å². The average molecular weight is 187 g/mol. The predicted octanol–water partition coefficient (Wildman–Crippen LogP) is 0.814. The van der Waals surface area contributed by atoms with Gasteiger partial charge < -0.3 is 4.74 Å². The van der Waals surface area contributed by atoms with E-state index in [0.717, 1.165) is 0 Å². The molecule has 0 spiro atoms. The summed E-state index contributed by atoms with van der Waals surface area (Å²) in [6, 6.07) is 5.26. The minimum atomic E-state index is -4.33. The summed E-state index contributed by atoms with van der Waals surface area (Å²) in [5.41, 5.74) is 0. The van der Waals surface area contributed by atoms with Crippen molar-refractivity contribution >= 4 is 10.1 Å². The lowest BCUT2D eigenvalue weighted by Crippen LogP contribution is -1.95. The van der Waals surface area contributed by atoms with Gasteiger partial charge in [-0.1, -0.05) is 4.55 Å². The Labute approximate surface area is 70.5 Å². The summed E-state index contributed by atoms with van der Waals surface area (Å²) in [4.78, 5) is -0.247. The van der Waals surface area contributed by atoms with E-state index in [1.807, 2.05) is 0 Å². The third kappa shape index (κ3) is 1.96. The number of hydrogen-bond acceptors (Lipinski definition) is 3. The van der Waals surface area contributed by atoms with Gasteiger partial charge >= 0.3 is 10.1 Å². The first-order valence-electron chi connectivity index (χ1n) is 3.14. The molecule has 0 aromatic heterocycles. The van der Waals surface area contributed by atoms with Crippen LogP contribution in [0.1, 0.15) is 0 Å². The van der Waals surface area contributed by atoms with Crippen LogP contribution in [0.15, 0.2) is 29.2 Å². The third-order valence-corrected chi connectivity index (χ3v) is 2.20. The molecule has 0 amide bonds. The zero-order valence-corrected chi connectivity index (χ0v) is 7.17. The van der Waals surface area contributed by atoms with Crippen LogP contribution >= 0.6 is 0 Å². The van der Waals surface area contributed by atoms with Crippen molar-refractivity contribution in [2.75, 3.05) is 7.11 Å². The number of benzene rings is 1. The topological polar surface area (TPSA) is 63.3 Å². The number of ether oxygens (including phenoxy) is 1. The molecular weight excluding hydrogens is 180 g/mol. The third-order valence-electron chi connectivity index (χ3n) is 1.35. The molecule has 0 N–H and O–H groups in total. The van der Waals surface area contributed by atoms with Crippen molar-refractivity contribution < 1.29 is 17.7 Å². The first kappa shape index (κ1) is 9.02. The van der Waals surface area contributed by atoms with Crippen molar-refractivity contribution in [1.82, 2.24) is 0 Å². The van der Waals surface area contributed by atoms with Crippen molar-refractivity contribution in [3.8, 4) is 5.75 Å². The summed E-state index contributed by atoms with van der Waals surface area (Å²) in [6.07, 6.45) is 0. The van der Waals surface area contributed by atoms with Gasteiger partial charge in [0.15, 0.2) is 0 Å². The van der Waals surface area contributed by atoms with Crippen LogP contribution in [-0.4, -0.2) is 15.5 Å². The zero-order valence-electron chi connectivity index (χ0n) is 6.35. The van der Waals surface area contributed by atoms with Gasteiger partial charge in [-0.25, -0.2) is 0 Å². The highest BCUT2D eigenvalue weighted by atomic mass is 32.2. The summed E-state index contributed by atoms with van der Waals surface area (Å²) in [6.45, 7) is 0. The van der Waals surface area contributed by atoms with Gasteiger partial charge in [-0.3, -0.25) is 0 Å². The Balaban J connectivity index is 3.09. The number of hydrogen-bond donors (Lipinski definition) is 0. The molecule has 5 heteroatoms. The lowest BCUT2D eigenvalue weighted by atomic mass is 10.3. The molecule has 0 aliphatic heterocycles. The van der Waals surface area contributed by atoms with Crippen LogP contribution in [-0.2, 0) is 14.7 Å². The molecule has 65 valence electrons. The lowest BCUT2D eigenvalue weighted by Gasteiger charge is -1.98. The van der Waals surface area contributed by atoms with Gasteiger partial charge in [-0.2, -0.15) is 8.42 Å². The molecule has 1 rings (SSSR count). The highest BCUT2D eigenvalue weighted by Crippen LogP contribution is 2.14. The van der Waals surface area contributed by atoms with E-state index in [4.69, 9.17) is 4.74 Å². The fraction of sp³-hybridized carbons (Fsp3) is 0.143. The van der Waals surface area contributed by atoms with Gasteiger partial charge in [0.05, 0.1) is 12.0 Å². The maximum Gasteiger partial charge on any atom is 0.324 e. The molecule has 0 saturated heterocycles. The summed E-state index contributed by atoms with van der Waals surface area (Å²) in [5.74, 6) is 0.516. The largest absolute Gasteiger partial charge is 0.497 e. The zero-order chi connectivity index (χ0) is 9.19. The Morgan fingerprint density at radius 3 is 2.00 bits per heavy atom. The van der Waals surface area contributed by atoms with E-state index in [2.05, 4.69) is 0 Å². The smallest absolute Gasteiger partial charge is 0.324 e. The maximum absolute atomic E-state index is 10.4. The van der Waals surface area contributed by atoms with Gasteiger partial charge in [0.1, 0.15) is 5.75 Å². The second-order valence-corrected chi connectivity index (χ2v) is 3.51. The average Bonchev–Trinajstić information content (AvgIpc) is 2.03. The van der Waals surface area contributed by atoms with Crippen molar-refractivity contribution in [1.29, 1.82) is 0 Å². The van der Waals surface area contributed by atoms with Crippen LogP contribution in [0, 0.1) is 0 Å². The van der Waals surface area contributed by atoms with Crippen LogP contribution in [0.25, 0.3) is 0 Å². The summed E-state index contributed by atoms with van der Waals surface area (Å²) in [5, 5.41) is 0. The van der Waals surface area contributed by atoms with Gasteiger partial charge in [0.25, 0.3) is 0 Å². The molecule has 0 unspecified atom stereocenters. The van der Waals surface area contributed by atoms with Crippen LogP contribution in [0.5, 0.6) is 5.75 Å². The van der Waals surface area contributed by atoms with Crippen molar-refractivity contribution in [2.24, 2.45) is 0 Å². The fourth-order valence-electron chi connectivity index (χ4n) is 0.742. The van der Waals surface area contributed by atoms with E-state index in [1.54, 1.807) is 0 Å². The van der Waals surface area contributed by atoms with E-state index < -0.39 is 10.1 Å². The van der Waals surface area contributed by atoms with Crippen molar-refractivity contribution in [3.05, 3.63) is 24.3 Å². The molecule has 1 aromatic carbocycles. The van der Waals surface area contributed by atoms with Gasteiger partial charge in [-0.15, -0.1) is 0 Å². The first-order valence-corrected chi connectivity index (χ1v) is 4.55. The minimum absolute atomic E-state index is 0.247. The lowest BCUT2D eigenvalue weighted by molar-refractivity contribution is 0.410. The minimum Gasteiger partial charge on any atom is -0.497 e. The Morgan fingerprint density at radius 1 is 1.17 bits per heavy atom. The second-order valence-electron chi connectivity index (χ2n) is 2.13. The SMILES string of the molecule is COc1ccc(S([O])(=O)=O)cc1. The Hall–Kier alpha value is -1.07. The molecule has 4 nitrogen and oxygen atoms in total. The first-order chi connectivity index (χ1) is 5.54. The number of methoxy groups -OCH3 is 1. The normalized spacial score (nSPS) is 11.2. The van der Waals surface area contributed by atoms with Gasteiger partial charge in [0, 0.05) is 0 Å². The molecule has 0 saturated carbocycles. The molecule has 12 heavy (non-hydrogen) atoms. The molecule has 1 radical (unpaired) electrons. The molecule has 0 aliphatic carbocycles. The molecular formula is C7H7O4S. The Bertz CT molecular complexity index is 351. The maximum atomic E-state index is 10.4. The highest BCUT2D eigenvalue weighted by molar-refractivity contribution is 7.85. The Kier molecular flexibility index (Phi) is 2.35. The molecule has 0 heterocycles. The van der Waals surface area contributed by atoms with E-state index >= 15 is 0 Å². The fourth-order valence-corrected chi connectivity index (χ4v) is 1.21. The van der Waals surface area contributed by atoms with Crippen LogP contribution in [0.2, 0.25) is 0 Å². The van der Waals surface area contributed by atoms with Crippen LogP contribution in [0.4, 0.5) is 0 Å². The van der Waals surface area contributed by atoms with Gasteiger partial charge in [-0.05, 0) is 24.3 Å². The molecule has 0 aliphatic rings. The number of rotatable bonds is 2. The molecule has 0 fully saturated rings. The second kappa shape index (κ2) is 3.12. The molecule has 1 aromatic rings.